The number of hydrogen-bond acceptors (Lipinski definition) is 4. The summed E-state index contributed by atoms with van der Waals surface area (Å²) < 4.78 is 5.71. The minimum Gasteiger partial charge on any atom is -0.394 e. The Morgan fingerprint density at radius 2 is 2.16 bits per heavy atom. The molecule has 1 aliphatic heterocycles. The van der Waals surface area contributed by atoms with E-state index in [-0.39, 0.29) is 18.8 Å². The van der Waals surface area contributed by atoms with Crippen molar-refractivity contribution < 1.29 is 9.84 Å². The van der Waals surface area contributed by atoms with Gasteiger partial charge in [0.1, 0.15) is 0 Å². The highest BCUT2D eigenvalue weighted by Crippen LogP contribution is 2.27. The molecule has 2 aliphatic rings. The maximum Gasteiger partial charge on any atom is 0.0936 e. The Kier molecular flexibility index (Phi) is 6.07. The van der Waals surface area contributed by atoms with Crippen molar-refractivity contribution in [1.29, 1.82) is 0 Å². The predicted molar refractivity (Wildman–Crippen MR) is 77.3 cm³/mol. The number of aliphatic hydroxyl groups is 1. The van der Waals surface area contributed by atoms with Crippen LogP contribution in [0.3, 0.4) is 0 Å². The van der Waals surface area contributed by atoms with Crippen LogP contribution in [0.2, 0.25) is 0 Å². The fraction of sp³-hybridized carbons (Fsp3) is 1.00. The second-order valence-corrected chi connectivity index (χ2v) is 6.22. The summed E-state index contributed by atoms with van der Waals surface area (Å²) in [6.45, 7) is 8.67. The lowest BCUT2D eigenvalue weighted by molar-refractivity contribution is -0.0981. The Labute approximate surface area is 117 Å². The minimum absolute atomic E-state index is 0.00667. The average Bonchev–Trinajstić information content (AvgIpc) is 2.83. The molecule has 1 heterocycles. The predicted octanol–water partition coefficient (Wildman–Crippen LogP) is 1.24. The lowest BCUT2D eigenvalue weighted by Crippen LogP contribution is -2.50. The molecule has 0 amide bonds. The van der Waals surface area contributed by atoms with Crippen molar-refractivity contribution in [2.75, 3.05) is 32.8 Å². The second-order valence-electron chi connectivity index (χ2n) is 6.22. The van der Waals surface area contributed by atoms with E-state index in [0.717, 1.165) is 32.1 Å². The number of ether oxygens (including phenoxy) is 1. The van der Waals surface area contributed by atoms with Gasteiger partial charge >= 0.3 is 0 Å². The van der Waals surface area contributed by atoms with Crippen molar-refractivity contribution in [1.82, 2.24) is 10.2 Å². The van der Waals surface area contributed by atoms with Crippen molar-refractivity contribution in [3.8, 4) is 0 Å². The zero-order valence-electron chi connectivity index (χ0n) is 12.5. The molecule has 0 spiro atoms. The Morgan fingerprint density at radius 1 is 1.32 bits per heavy atom. The molecule has 19 heavy (non-hydrogen) atoms. The normalized spacial score (nSPS) is 36.8. The maximum absolute atomic E-state index is 9.29. The van der Waals surface area contributed by atoms with E-state index >= 15 is 0 Å². The monoisotopic (exact) mass is 270 g/mol. The van der Waals surface area contributed by atoms with Crippen LogP contribution in [0.1, 0.15) is 39.5 Å². The van der Waals surface area contributed by atoms with Gasteiger partial charge in [0.25, 0.3) is 0 Å². The molecule has 0 bridgehead atoms. The average molecular weight is 270 g/mol. The van der Waals surface area contributed by atoms with Crippen molar-refractivity contribution in [2.45, 2.75) is 57.8 Å². The molecule has 0 aromatic rings. The first-order valence-electron chi connectivity index (χ1n) is 7.95. The molecule has 4 atom stereocenters. The van der Waals surface area contributed by atoms with Gasteiger partial charge in [-0.05, 0) is 38.6 Å². The third kappa shape index (κ3) is 4.42. The van der Waals surface area contributed by atoms with Gasteiger partial charge in [-0.25, -0.2) is 0 Å². The number of aliphatic hydroxyl groups excluding tert-OH is 1. The topological polar surface area (TPSA) is 44.7 Å². The maximum atomic E-state index is 9.29. The standard InChI is InChI=1S/C15H30N2O2/c1-3-7-16-15-6-4-5-13(15)9-17-8-12(2)19-14(10-17)11-18/h12-16,18H,3-11H2,1-2H3. The van der Waals surface area contributed by atoms with Gasteiger partial charge in [0, 0.05) is 25.7 Å². The molecular formula is C15H30N2O2. The van der Waals surface area contributed by atoms with Crippen molar-refractivity contribution >= 4 is 0 Å². The van der Waals surface area contributed by atoms with E-state index in [1.54, 1.807) is 0 Å². The largest absolute Gasteiger partial charge is 0.394 e. The second kappa shape index (κ2) is 7.58. The summed E-state index contributed by atoms with van der Waals surface area (Å²) in [5.41, 5.74) is 0. The lowest BCUT2D eigenvalue weighted by atomic mass is 10.0. The van der Waals surface area contributed by atoms with Gasteiger partial charge in [0.15, 0.2) is 0 Å². The van der Waals surface area contributed by atoms with Gasteiger partial charge in [-0.15, -0.1) is 0 Å². The SMILES string of the molecule is CCCNC1CCCC1CN1CC(C)OC(CO)C1. The van der Waals surface area contributed by atoms with Crippen LogP contribution in [0.25, 0.3) is 0 Å². The summed E-state index contributed by atoms with van der Waals surface area (Å²) in [5.74, 6) is 0.774. The smallest absolute Gasteiger partial charge is 0.0936 e. The van der Waals surface area contributed by atoms with Gasteiger partial charge in [0.2, 0.25) is 0 Å². The zero-order chi connectivity index (χ0) is 13.7. The van der Waals surface area contributed by atoms with Crippen molar-refractivity contribution in [3.63, 3.8) is 0 Å². The molecule has 4 nitrogen and oxygen atoms in total. The van der Waals surface area contributed by atoms with Gasteiger partial charge in [-0.1, -0.05) is 13.3 Å². The fourth-order valence-electron chi connectivity index (χ4n) is 3.58. The number of morpholine rings is 1. The number of rotatable bonds is 6. The Hall–Kier alpha value is -0.160. The molecule has 1 saturated heterocycles. The van der Waals surface area contributed by atoms with Crippen LogP contribution in [-0.4, -0.2) is 61.0 Å². The molecule has 0 aromatic carbocycles. The summed E-state index contributed by atoms with van der Waals surface area (Å²) in [6, 6.07) is 0.700. The van der Waals surface area contributed by atoms with Crippen molar-refractivity contribution in [2.24, 2.45) is 5.92 Å². The summed E-state index contributed by atoms with van der Waals surface area (Å²) in [4.78, 5) is 2.49. The van der Waals surface area contributed by atoms with E-state index in [0.29, 0.717) is 6.04 Å². The summed E-state index contributed by atoms with van der Waals surface area (Å²) >= 11 is 0. The highest BCUT2D eigenvalue weighted by Gasteiger charge is 2.31. The third-order valence-corrected chi connectivity index (χ3v) is 4.41. The highest BCUT2D eigenvalue weighted by molar-refractivity contribution is 4.87. The minimum atomic E-state index is 0.00667. The summed E-state index contributed by atoms with van der Waals surface area (Å²) in [6.07, 6.45) is 5.49. The number of nitrogens with one attached hydrogen (secondary N) is 1. The van der Waals surface area contributed by atoms with Crippen LogP contribution in [-0.2, 0) is 4.74 Å². The van der Waals surface area contributed by atoms with Crippen molar-refractivity contribution in [3.05, 3.63) is 0 Å². The van der Waals surface area contributed by atoms with Gasteiger partial charge in [0.05, 0.1) is 18.8 Å². The molecule has 2 fully saturated rings. The molecule has 112 valence electrons. The highest BCUT2D eigenvalue weighted by atomic mass is 16.5. The van der Waals surface area contributed by atoms with Gasteiger partial charge < -0.3 is 15.2 Å². The Morgan fingerprint density at radius 3 is 2.89 bits per heavy atom. The van der Waals surface area contributed by atoms with E-state index < -0.39 is 0 Å². The zero-order valence-corrected chi connectivity index (χ0v) is 12.5. The first kappa shape index (κ1) is 15.2. The number of nitrogens with zero attached hydrogens (tertiary/aromatic N) is 1. The Bertz CT molecular complexity index is 263. The van der Waals surface area contributed by atoms with E-state index in [9.17, 15) is 5.11 Å². The first-order chi connectivity index (χ1) is 9.22. The van der Waals surface area contributed by atoms with Crippen LogP contribution >= 0.6 is 0 Å². The molecule has 0 radical (unpaired) electrons. The molecule has 1 aliphatic carbocycles. The van der Waals surface area contributed by atoms with Crippen LogP contribution in [0, 0.1) is 5.92 Å². The molecule has 2 N–H and O–H groups in total. The van der Waals surface area contributed by atoms with E-state index in [1.807, 2.05) is 0 Å². The number of hydrogen-bond donors (Lipinski definition) is 2. The van der Waals surface area contributed by atoms with E-state index in [4.69, 9.17) is 4.74 Å². The van der Waals surface area contributed by atoms with Crippen LogP contribution in [0.15, 0.2) is 0 Å². The third-order valence-electron chi connectivity index (χ3n) is 4.41. The summed E-state index contributed by atoms with van der Waals surface area (Å²) in [5, 5.41) is 13.0. The van der Waals surface area contributed by atoms with Crippen LogP contribution in [0.4, 0.5) is 0 Å². The molecule has 1 saturated carbocycles. The van der Waals surface area contributed by atoms with E-state index in [2.05, 4.69) is 24.1 Å². The molecule has 0 aromatic heterocycles. The fourth-order valence-corrected chi connectivity index (χ4v) is 3.58. The van der Waals surface area contributed by atoms with Crippen LogP contribution in [0.5, 0.6) is 0 Å². The molecule has 4 unspecified atom stereocenters. The van der Waals surface area contributed by atoms with E-state index in [1.165, 1.54) is 25.7 Å². The Balaban J connectivity index is 1.81. The lowest BCUT2D eigenvalue weighted by Gasteiger charge is -2.38. The summed E-state index contributed by atoms with van der Waals surface area (Å²) in [7, 11) is 0. The molecular weight excluding hydrogens is 240 g/mol. The van der Waals surface area contributed by atoms with Gasteiger partial charge in [-0.3, -0.25) is 4.90 Å². The quantitative estimate of drug-likeness (QED) is 0.762. The van der Waals surface area contributed by atoms with Gasteiger partial charge in [-0.2, -0.15) is 0 Å². The van der Waals surface area contributed by atoms with Crippen LogP contribution < -0.4 is 5.32 Å². The molecule has 2 rings (SSSR count). The first-order valence-corrected chi connectivity index (χ1v) is 7.95. The molecule has 4 heteroatoms.